The van der Waals surface area contributed by atoms with E-state index in [4.69, 9.17) is 0 Å². The van der Waals surface area contributed by atoms with Crippen molar-refractivity contribution in [2.75, 3.05) is 5.32 Å². The monoisotopic (exact) mass is 252 g/mol. The number of hydrogen-bond donors (Lipinski definition) is 1. The van der Waals surface area contributed by atoms with Crippen LogP contribution in [0.2, 0.25) is 0 Å². The van der Waals surface area contributed by atoms with E-state index in [1.807, 2.05) is 31.2 Å². The van der Waals surface area contributed by atoms with Gasteiger partial charge in [-0.1, -0.05) is 24.3 Å². The van der Waals surface area contributed by atoms with Crippen LogP contribution >= 0.6 is 0 Å². The minimum absolute atomic E-state index is 0.239. The number of hydrogen-bond acceptors (Lipinski definition) is 3. The zero-order valence-electron chi connectivity index (χ0n) is 10.4. The molecular weight excluding hydrogens is 240 g/mol. The Hall–Kier alpha value is -2.71. The summed E-state index contributed by atoms with van der Waals surface area (Å²) in [6.45, 7) is 1.92. The molecule has 2 aromatic carbocycles. The lowest BCUT2D eigenvalue weighted by molar-refractivity contribution is 0.102. The highest BCUT2D eigenvalue weighted by molar-refractivity contribution is 6.05. The Labute approximate surface area is 110 Å². The molecule has 2 rings (SSSR count). The van der Waals surface area contributed by atoms with Gasteiger partial charge in [0.25, 0.3) is 5.91 Å². The molecule has 0 radical (unpaired) electrons. The molecule has 0 saturated heterocycles. The Balaban J connectivity index is 2.23. The van der Waals surface area contributed by atoms with E-state index in [1.165, 1.54) is 6.08 Å². The summed E-state index contributed by atoms with van der Waals surface area (Å²) < 4.78 is 0. The number of anilines is 1. The van der Waals surface area contributed by atoms with E-state index in [0.29, 0.717) is 11.3 Å². The minimum Gasteiger partial charge on any atom is -0.322 e. The fourth-order valence-electron chi connectivity index (χ4n) is 1.68. The van der Waals surface area contributed by atoms with Crippen molar-refractivity contribution in [2.45, 2.75) is 6.92 Å². The number of carbonyl (C=O) groups is 1. The number of para-hydroxylation sites is 1. The fourth-order valence-corrected chi connectivity index (χ4v) is 1.68. The summed E-state index contributed by atoms with van der Waals surface area (Å²) in [7, 11) is 0. The van der Waals surface area contributed by atoms with Gasteiger partial charge in [-0.15, -0.1) is 0 Å². The average Bonchev–Trinajstić information content (AvgIpc) is 2.42. The van der Waals surface area contributed by atoms with Crippen molar-refractivity contribution in [3.05, 3.63) is 59.7 Å². The molecule has 19 heavy (non-hydrogen) atoms. The maximum absolute atomic E-state index is 12.1. The molecule has 0 spiro atoms. The van der Waals surface area contributed by atoms with E-state index >= 15 is 0 Å². The van der Waals surface area contributed by atoms with Crippen LogP contribution in [-0.2, 0) is 4.79 Å². The SMILES string of the molecule is Cc1ccccc1NC(=O)c1cccc(N=C=O)c1. The molecule has 1 amide bonds. The minimum atomic E-state index is -0.239. The highest BCUT2D eigenvalue weighted by atomic mass is 16.1. The van der Waals surface area contributed by atoms with E-state index in [1.54, 1.807) is 24.3 Å². The van der Waals surface area contributed by atoms with Crippen molar-refractivity contribution < 1.29 is 9.59 Å². The second-order valence-electron chi connectivity index (χ2n) is 4.02. The van der Waals surface area contributed by atoms with E-state index in [9.17, 15) is 9.59 Å². The van der Waals surface area contributed by atoms with E-state index in [2.05, 4.69) is 10.3 Å². The van der Waals surface area contributed by atoms with Crippen molar-refractivity contribution in [2.24, 2.45) is 4.99 Å². The van der Waals surface area contributed by atoms with Crippen LogP contribution in [0.5, 0.6) is 0 Å². The average molecular weight is 252 g/mol. The quantitative estimate of drug-likeness (QED) is 0.673. The van der Waals surface area contributed by atoms with Crippen LogP contribution in [0.25, 0.3) is 0 Å². The number of isocyanates is 1. The largest absolute Gasteiger partial charge is 0.322 e. The fraction of sp³-hybridized carbons (Fsp3) is 0.0667. The Kier molecular flexibility index (Phi) is 3.86. The maximum Gasteiger partial charge on any atom is 0.255 e. The zero-order chi connectivity index (χ0) is 13.7. The van der Waals surface area contributed by atoms with E-state index < -0.39 is 0 Å². The Bertz CT molecular complexity index is 659. The van der Waals surface area contributed by atoms with Gasteiger partial charge in [-0.3, -0.25) is 4.79 Å². The van der Waals surface area contributed by atoms with Gasteiger partial charge in [0.2, 0.25) is 6.08 Å². The number of nitrogens with zero attached hydrogens (tertiary/aromatic N) is 1. The maximum atomic E-state index is 12.1. The molecule has 0 aliphatic heterocycles. The second-order valence-corrected chi connectivity index (χ2v) is 4.02. The molecule has 4 heteroatoms. The Morgan fingerprint density at radius 2 is 1.95 bits per heavy atom. The smallest absolute Gasteiger partial charge is 0.255 e. The third-order valence-electron chi connectivity index (χ3n) is 2.68. The standard InChI is InChI=1S/C15H12N2O2/c1-11-5-2-3-8-14(11)17-15(19)12-6-4-7-13(9-12)16-10-18/h2-9H,1H3,(H,17,19). The van der Waals surface area contributed by atoms with Crippen molar-refractivity contribution in [1.82, 2.24) is 0 Å². The molecule has 0 aliphatic carbocycles. The molecule has 0 heterocycles. The van der Waals surface area contributed by atoms with Crippen LogP contribution in [0.15, 0.2) is 53.5 Å². The first-order valence-electron chi connectivity index (χ1n) is 5.75. The first-order valence-corrected chi connectivity index (χ1v) is 5.75. The van der Waals surface area contributed by atoms with Crippen molar-refractivity contribution >= 4 is 23.4 Å². The molecule has 0 aromatic heterocycles. The van der Waals surface area contributed by atoms with Crippen LogP contribution in [-0.4, -0.2) is 12.0 Å². The molecule has 0 atom stereocenters. The van der Waals surface area contributed by atoms with Gasteiger partial charge in [0.05, 0.1) is 5.69 Å². The highest BCUT2D eigenvalue weighted by Gasteiger charge is 2.07. The lowest BCUT2D eigenvalue weighted by atomic mass is 10.1. The molecule has 0 fully saturated rings. The summed E-state index contributed by atoms with van der Waals surface area (Å²) in [5, 5.41) is 2.82. The number of aliphatic imine (C=N–C) groups is 1. The molecule has 0 saturated carbocycles. The summed E-state index contributed by atoms with van der Waals surface area (Å²) in [6, 6.07) is 14.0. The summed E-state index contributed by atoms with van der Waals surface area (Å²) in [4.78, 5) is 25.8. The third kappa shape index (κ3) is 3.15. The van der Waals surface area contributed by atoms with Crippen LogP contribution in [0, 0.1) is 6.92 Å². The molecule has 0 unspecified atom stereocenters. The van der Waals surface area contributed by atoms with E-state index in [0.717, 1.165) is 11.3 Å². The summed E-state index contributed by atoms with van der Waals surface area (Å²) in [5.41, 5.74) is 2.60. The van der Waals surface area contributed by atoms with Crippen LogP contribution in [0.3, 0.4) is 0 Å². The lowest BCUT2D eigenvalue weighted by Gasteiger charge is -2.08. The first-order chi connectivity index (χ1) is 9.20. The van der Waals surface area contributed by atoms with Gasteiger partial charge in [-0.25, -0.2) is 4.79 Å². The Morgan fingerprint density at radius 1 is 1.16 bits per heavy atom. The van der Waals surface area contributed by atoms with E-state index in [-0.39, 0.29) is 5.91 Å². The normalized spacial score (nSPS) is 9.53. The summed E-state index contributed by atoms with van der Waals surface area (Å²) >= 11 is 0. The first kappa shape index (κ1) is 12.7. The summed E-state index contributed by atoms with van der Waals surface area (Å²) in [5.74, 6) is -0.239. The second kappa shape index (κ2) is 5.76. The highest BCUT2D eigenvalue weighted by Crippen LogP contribution is 2.17. The van der Waals surface area contributed by atoms with Crippen molar-refractivity contribution in [3.63, 3.8) is 0 Å². The van der Waals surface area contributed by atoms with Crippen molar-refractivity contribution in [3.8, 4) is 0 Å². The van der Waals surface area contributed by atoms with Gasteiger partial charge in [-0.2, -0.15) is 4.99 Å². The zero-order valence-corrected chi connectivity index (χ0v) is 10.4. The predicted octanol–water partition coefficient (Wildman–Crippen LogP) is 3.21. The number of amides is 1. The molecule has 0 aliphatic rings. The molecule has 4 nitrogen and oxygen atoms in total. The van der Waals surface area contributed by atoms with Gasteiger partial charge < -0.3 is 5.32 Å². The molecule has 2 aromatic rings. The topological polar surface area (TPSA) is 58.5 Å². The van der Waals surface area contributed by atoms with Crippen LogP contribution < -0.4 is 5.32 Å². The van der Waals surface area contributed by atoms with Crippen molar-refractivity contribution in [1.29, 1.82) is 0 Å². The molecular formula is C15H12N2O2. The molecule has 1 N–H and O–H groups in total. The number of aryl methyl sites for hydroxylation is 1. The van der Waals surface area contributed by atoms with Gasteiger partial charge in [0.15, 0.2) is 0 Å². The Morgan fingerprint density at radius 3 is 2.68 bits per heavy atom. The van der Waals surface area contributed by atoms with Gasteiger partial charge >= 0.3 is 0 Å². The van der Waals surface area contributed by atoms with Crippen LogP contribution in [0.4, 0.5) is 11.4 Å². The lowest BCUT2D eigenvalue weighted by Crippen LogP contribution is -2.12. The van der Waals surface area contributed by atoms with Gasteiger partial charge in [-0.05, 0) is 36.8 Å². The van der Waals surface area contributed by atoms with Gasteiger partial charge in [0, 0.05) is 11.3 Å². The predicted molar refractivity (Wildman–Crippen MR) is 73.4 cm³/mol. The van der Waals surface area contributed by atoms with Crippen LogP contribution in [0.1, 0.15) is 15.9 Å². The van der Waals surface area contributed by atoms with Gasteiger partial charge in [0.1, 0.15) is 0 Å². The third-order valence-corrected chi connectivity index (χ3v) is 2.68. The summed E-state index contributed by atoms with van der Waals surface area (Å²) in [6.07, 6.45) is 1.45. The molecule has 0 bridgehead atoms. The number of carbonyl (C=O) groups excluding carboxylic acids is 2. The number of benzene rings is 2. The number of rotatable bonds is 3. The number of nitrogens with one attached hydrogen (secondary N) is 1. The molecule has 94 valence electrons.